The molecular formula is C21H25ClN4OSe. The van der Waals surface area contributed by atoms with Gasteiger partial charge in [-0.15, -0.1) is 0 Å². The van der Waals surface area contributed by atoms with Gasteiger partial charge >= 0.3 is 74.0 Å². The van der Waals surface area contributed by atoms with E-state index in [4.69, 9.17) is 11.6 Å². The number of halogens is 1. The van der Waals surface area contributed by atoms with E-state index in [1.54, 1.807) is 6.20 Å². The van der Waals surface area contributed by atoms with Crippen molar-refractivity contribution in [1.29, 1.82) is 0 Å². The van der Waals surface area contributed by atoms with Crippen molar-refractivity contribution in [3.05, 3.63) is 53.6 Å². The summed E-state index contributed by atoms with van der Waals surface area (Å²) in [5.74, 6) is 0. The Labute approximate surface area is 177 Å². The number of fused-ring (bicyclic) bond motifs is 1. The summed E-state index contributed by atoms with van der Waals surface area (Å²) in [6.07, 6.45) is 7.18. The van der Waals surface area contributed by atoms with Crippen LogP contribution in [0.4, 0.5) is 0 Å². The van der Waals surface area contributed by atoms with E-state index in [1.807, 2.05) is 17.7 Å². The molecule has 0 unspecified atom stereocenters. The van der Waals surface area contributed by atoms with Gasteiger partial charge in [-0.1, -0.05) is 12.8 Å². The molecule has 0 radical (unpaired) electrons. The van der Waals surface area contributed by atoms with Crippen LogP contribution in [-0.2, 0) is 0 Å². The molecule has 4 rings (SSSR count). The Bertz CT molecular complexity index is 894. The maximum Gasteiger partial charge on any atom is 0.224 e. The second-order valence-electron chi connectivity index (χ2n) is 6.68. The Morgan fingerprint density at radius 3 is 2.71 bits per heavy atom. The van der Waals surface area contributed by atoms with Crippen LogP contribution in [0.3, 0.4) is 0 Å². The van der Waals surface area contributed by atoms with Crippen molar-refractivity contribution in [1.82, 2.24) is 19.9 Å². The Balaban J connectivity index is 0.000000178. The topological polar surface area (TPSA) is 59.8 Å². The smallest absolute Gasteiger partial charge is 0.224 e. The molecule has 0 saturated heterocycles. The zero-order chi connectivity index (χ0) is 19.8. The molecule has 28 heavy (non-hydrogen) atoms. The molecule has 1 aliphatic carbocycles. The van der Waals surface area contributed by atoms with Gasteiger partial charge in [0.25, 0.3) is 0 Å². The maximum absolute atomic E-state index is 11.1. The van der Waals surface area contributed by atoms with E-state index >= 15 is 0 Å². The maximum atomic E-state index is 11.1. The number of carbonyl (C=O) groups excluding carboxylic acids is 1. The molecule has 1 aromatic carbocycles. The van der Waals surface area contributed by atoms with Crippen molar-refractivity contribution >= 4 is 48.3 Å². The average Bonchev–Trinajstić information content (AvgIpc) is 3.36. The second-order valence-corrected chi connectivity index (χ2v) is 9.47. The predicted octanol–water partition coefficient (Wildman–Crippen LogP) is 3.67. The molecule has 7 heteroatoms. The van der Waals surface area contributed by atoms with Crippen LogP contribution < -0.4 is 9.78 Å². The first-order valence-corrected chi connectivity index (χ1v) is 12.0. The van der Waals surface area contributed by atoms with Gasteiger partial charge in [0.15, 0.2) is 6.29 Å². The van der Waals surface area contributed by atoms with Crippen LogP contribution in [0.25, 0.3) is 11.0 Å². The molecule has 1 N–H and O–H groups in total. The summed E-state index contributed by atoms with van der Waals surface area (Å²) in [6.45, 7) is 1.13. The number of benzene rings is 1. The molecule has 2 heterocycles. The third kappa shape index (κ3) is 5.42. The van der Waals surface area contributed by atoms with Crippen molar-refractivity contribution in [3.8, 4) is 0 Å². The summed E-state index contributed by atoms with van der Waals surface area (Å²) in [6, 6.07) is 12.9. The van der Waals surface area contributed by atoms with E-state index in [1.165, 1.54) is 22.6 Å². The van der Waals surface area contributed by atoms with Crippen LogP contribution in [-0.4, -0.2) is 49.4 Å². The first-order valence-electron chi connectivity index (χ1n) is 9.54. The van der Waals surface area contributed by atoms with Crippen LogP contribution in [0.5, 0.6) is 0 Å². The van der Waals surface area contributed by atoms with Gasteiger partial charge in [-0.2, -0.15) is 4.98 Å². The molecule has 3 aromatic rings. The summed E-state index contributed by atoms with van der Waals surface area (Å²) in [4.78, 5) is 19.3. The molecule has 0 amide bonds. The fourth-order valence-electron chi connectivity index (χ4n) is 3.43. The second kappa shape index (κ2) is 10.7. The molecule has 1 fully saturated rings. The minimum Gasteiger partial charge on any atom is -0.320 e. The molecule has 0 bridgehead atoms. The van der Waals surface area contributed by atoms with Crippen molar-refractivity contribution in [2.24, 2.45) is 0 Å². The van der Waals surface area contributed by atoms with E-state index in [0.717, 1.165) is 36.7 Å². The van der Waals surface area contributed by atoms with E-state index in [-0.39, 0.29) is 5.28 Å². The Morgan fingerprint density at radius 2 is 2.04 bits per heavy atom. The SMILES string of the molecule is CNCC[Se]c1ccccc1.O=Cc1cc2cnc(Cl)nc2n1C1CCCC1. The average molecular weight is 464 g/mol. The number of hydrogen-bond donors (Lipinski definition) is 1. The van der Waals surface area contributed by atoms with Crippen LogP contribution in [0.15, 0.2) is 42.6 Å². The molecule has 5 nitrogen and oxygen atoms in total. The number of aldehydes is 1. The first-order chi connectivity index (χ1) is 13.7. The molecule has 1 aliphatic rings. The third-order valence-corrected chi connectivity index (χ3v) is 7.06. The minimum atomic E-state index is 0.229. The largest absolute Gasteiger partial charge is 0.320 e. The quantitative estimate of drug-likeness (QED) is 0.262. The van der Waals surface area contributed by atoms with Crippen molar-refractivity contribution in [2.45, 2.75) is 37.0 Å². The zero-order valence-electron chi connectivity index (χ0n) is 16.0. The molecule has 148 valence electrons. The fraction of sp³-hybridized carbons (Fsp3) is 0.381. The number of carbonyl (C=O) groups is 1. The predicted molar refractivity (Wildman–Crippen MR) is 116 cm³/mol. The van der Waals surface area contributed by atoms with Crippen molar-refractivity contribution in [3.63, 3.8) is 0 Å². The molecule has 2 aromatic heterocycles. The molecule has 0 spiro atoms. The number of rotatable bonds is 6. The van der Waals surface area contributed by atoms with Gasteiger partial charge in [0.2, 0.25) is 5.28 Å². The monoisotopic (exact) mass is 464 g/mol. The number of aromatic nitrogens is 3. The summed E-state index contributed by atoms with van der Waals surface area (Å²) in [5, 5.41) is 5.55. The standard InChI is InChI=1S/C12H12ClN3O.C9H13NSe/c13-12-14-6-8-5-10(7-17)16(11(8)15-12)9-3-1-2-4-9;1-10-7-8-11-9-5-3-2-4-6-9/h5-7,9H,1-4H2;2-6,10H,7-8H2,1H3. The van der Waals surface area contributed by atoms with Crippen LogP contribution >= 0.6 is 11.6 Å². The number of hydrogen-bond acceptors (Lipinski definition) is 4. The zero-order valence-corrected chi connectivity index (χ0v) is 18.4. The van der Waals surface area contributed by atoms with Gasteiger partial charge in [-0.05, 0) is 30.5 Å². The molecule has 0 aliphatic heterocycles. The van der Waals surface area contributed by atoms with Gasteiger partial charge in [0.1, 0.15) is 5.65 Å². The third-order valence-electron chi connectivity index (χ3n) is 4.75. The van der Waals surface area contributed by atoms with Crippen LogP contribution in [0, 0.1) is 0 Å². The van der Waals surface area contributed by atoms with Crippen molar-refractivity contribution < 1.29 is 4.79 Å². The summed E-state index contributed by atoms with van der Waals surface area (Å²) < 4.78 is 3.51. The van der Waals surface area contributed by atoms with E-state index in [9.17, 15) is 4.79 Å². The molecule has 1 saturated carbocycles. The molecule has 0 atom stereocenters. The Hall–Kier alpha value is -1.72. The van der Waals surface area contributed by atoms with Gasteiger partial charge in [0, 0.05) is 17.6 Å². The summed E-state index contributed by atoms with van der Waals surface area (Å²) in [5.41, 5.74) is 1.45. The summed E-state index contributed by atoms with van der Waals surface area (Å²) in [7, 11) is 2.00. The fourth-order valence-corrected chi connectivity index (χ4v) is 5.43. The normalized spacial score (nSPS) is 14.1. The van der Waals surface area contributed by atoms with Gasteiger partial charge < -0.3 is 4.57 Å². The number of nitrogens with zero attached hydrogens (tertiary/aromatic N) is 3. The Kier molecular flexibility index (Phi) is 8.04. The molecular weight excluding hydrogens is 439 g/mol. The van der Waals surface area contributed by atoms with Gasteiger partial charge in [0.05, 0.1) is 5.69 Å². The van der Waals surface area contributed by atoms with Crippen LogP contribution in [0.1, 0.15) is 42.2 Å². The summed E-state index contributed by atoms with van der Waals surface area (Å²) >= 11 is 6.48. The van der Waals surface area contributed by atoms with E-state index in [0.29, 0.717) is 26.7 Å². The first kappa shape index (κ1) is 21.0. The van der Waals surface area contributed by atoms with Gasteiger partial charge in [-0.3, -0.25) is 4.79 Å². The van der Waals surface area contributed by atoms with E-state index < -0.39 is 0 Å². The number of nitrogens with one attached hydrogen (secondary N) is 1. The Morgan fingerprint density at radius 1 is 1.29 bits per heavy atom. The van der Waals surface area contributed by atoms with Crippen LogP contribution in [0.2, 0.25) is 10.6 Å². The van der Waals surface area contributed by atoms with E-state index in [2.05, 4.69) is 45.6 Å². The van der Waals surface area contributed by atoms with Gasteiger partial charge in [-0.25, -0.2) is 4.98 Å². The van der Waals surface area contributed by atoms with Crippen molar-refractivity contribution in [2.75, 3.05) is 13.6 Å². The minimum absolute atomic E-state index is 0.229.